The Balaban J connectivity index is 2.17. The summed E-state index contributed by atoms with van der Waals surface area (Å²) in [4.78, 5) is 0. The third kappa shape index (κ3) is 1.94. The monoisotopic (exact) mass is 219 g/mol. The molecule has 1 saturated carbocycles. The summed E-state index contributed by atoms with van der Waals surface area (Å²) in [5.41, 5.74) is 0. The van der Waals surface area contributed by atoms with Crippen molar-refractivity contribution in [3.05, 3.63) is 0 Å². The van der Waals surface area contributed by atoms with Crippen LogP contribution in [0.3, 0.4) is 0 Å². The quantitative estimate of drug-likeness (QED) is 0.648. The third-order valence-electron chi connectivity index (χ3n) is 3.11. The molecule has 2 fully saturated rings. The first-order chi connectivity index (χ1) is 6.59. The highest BCUT2D eigenvalue weighted by Gasteiger charge is 2.38. The van der Waals surface area contributed by atoms with Gasteiger partial charge in [0.15, 0.2) is 0 Å². The summed E-state index contributed by atoms with van der Waals surface area (Å²) in [5.74, 6) is 0. The zero-order valence-corrected chi connectivity index (χ0v) is 9.29. The maximum absolute atomic E-state index is 11.5. The number of nitrogens with zero attached hydrogens (tertiary/aromatic N) is 1. The first-order valence-electron chi connectivity index (χ1n) is 5.17. The molecule has 0 unspecified atom stereocenters. The fourth-order valence-electron chi connectivity index (χ4n) is 2.47. The van der Waals surface area contributed by atoms with Crippen LogP contribution in [0.5, 0.6) is 0 Å². The van der Waals surface area contributed by atoms with Gasteiger partial charge in [0.1, 0.15) is 0 Å². The Bertz CT molecular complexity index is 299. The van der Waals surface area contributed by atoms with Gasteiger partial charge in [0, 0.05) is 6.54 Å². The molecular weight excluding hydrogens is 202 g/mol. The Kier molecular flexibility index (Phi) is 2.81. The Morgan fingerprint density at radius 1 is 1.29 bits per heavy atom. The number of hydrogen-bond donors (Lipinski definition) is 0. The summed E-state index contributed by atoms with van der Waals surface area (Å²) < 4.78 is 30.2. The number of rotatable bonds is 1. The molecule has 0 aromatic carbocycles. The largest absolute Gasteiger partial charge is 0.375 e. The molecule has 2 aliphatic rings. The van der Waals surface area contributed by atoms with Gasteiger partial charge in [0.25, 0.3) is 0 Å². The van der Waals surface area contributed by atoms with Crippen LogP contribution < -0.4 is 0 Å². The van der Waals surface area contributed by atoms with Crippen LogP contribution in [0.15, 0.2) is 0 Å². The zero-order chi connectivity index (χ0) is 10.2. The van der Waals surface area contributed by atoms with E-state index in [2.05, 4.69) is 0 Å². The second kappa shape index (κ2) is 3.79. The molecule has 1 aliphatic heterocycles. The molecule has 1 aliphatic carbocycles. The van der Waals surface area contributed by atoms with Crippen molar-refractivity contribution in [2.75, 3.05) is 19.4 Å². The van der Waals surface area contributed by atoms with Gasteiger partial charge >= 0.3 is 0 Å². The van der Waals surface area contributed by atoms with Crippen molar-refractivity contribution in [1.29, 1.82) is 0 Å². The van der Waals surface area contributed by atoms with E-state index in [1.54, 1.807) is 4.31 Å². The molecule has 0 aromatic heterocycles. The maximum Gasteiger partial charge on any atom is 0.211 e. The standard InChI is InChI=1S/C9H17NO3S/c1-14(11,12)10-6-7-13-9-5-3-2-4-8(9)10/h8-9H,2-7H2,1H3/t8-,9+/m1/s1. The second-order valence-corrected chi connectivity index (χ2v) is 6.07. The van der Waals surface area contributed by atoms with E-state index in [1.807, 2.05) is 0 Å². The molecule has 1 saturated heterocycles. The molecule has 0 spiro atoms. The summed E-state index contributed by atoms with van der Waals surface area (Å²) in [6, 6.07) is 0.104. The molecular formula is C9H17NO3S. The van der Waals surface area contributed by atoms with Crippen LogP contribution in [0.1, 0.15) is 25.7 Å². The molecule has 0 bridgehead atoms. The van der Waals surface area contributed by atoms with Gasteiger partial charge in [-0.25, -0.2) is 8.42 Å². The van der Waals surface area contributed by atoms with Crippen LogP contribution in [0, 0.1) is 0 Å². The van der Waals surface area contributed by atoms with E-state index in [1.165, 1.54) is 12.7 Å². The summed E-state index contributed by atoms with van der Waals surface area (Å²) in [5, 5.41) is 0. The average molecular weight is 219 g/mol. The van der Waals surface area contributed by atoms with Crippen molar-refractivity contribution in [1.82, 2.24) is 4.31 Å². The highest BCUT2D eigenvalue weighted by atomic mass is 32.2. The molecule has 14 heavy (non-hydrogen) atoms. The van der Waals surface area contributed by atoms with E-state index in [4.69, 9.17) is 4.74 Å². The van der Waals surface area contributed by atoms with Crippen molar-refractivity contribution in [3.8, 4) is 0 Å². The van der Waals surface area contributed by atoms with Crippen LogP contribution in [-0.2, 0) is 14.8 Å². The summed E-state index contributed by atoms with van der Waals surface area (Å²) >= 11 is 0. The fraction of sp³-hybridized carbons (Fsp3) is 1.00. The van der Waals surface area contributed by atoms with Crippen LogP contribution in [0.4, 0.5) is 0 Å². The minimum absolute atomic E-state index is 0.104. The van der Waals surface area contributed by atoms with Gasteiger partial charge in [-0.1, -0.05) is 12.8 Å². The van der Waals surface area contributed by atoms with E-state index in [0.717, 1.165) is 19.3 Å². The van der Waals surface area contributed by atoms with E-state index >= 15 is 0 Å². The average Bonchev–Trinajstić information content (AvgIpc) is 2.15. The minimum atomic E-state index is -3.04. The van der Waals surface area contributed by atoms with Crippen molar-refractivity contribution in [3.63, 3.8) is 0 Å². The lowest BCUT2D eigenvalue weighted by Gasteiger charge is -2.42. The molecule has 0 amide bonds. The van der Waals surface area contributed by atoms with Gasteiger partial charge in [-0.2, -0.15) is 4.31 Å². The summed E-state index contributed by atoms with van der Waals surface area (Å²) in [6.07, 6.45) is 5.69. The van der Waals surface area contributed by atoms with Gasteiger partial charge in [-0.05, 0) is 12.8 Å². The van der Waals surface area contributed by atoms with E-state index in [0.29, 0.717) is 13.2 Å². The second-order valence-electron chi connectivity index (χ2n) is 4.13. The van der Waals surface area contributed by atoms with E-state index in [-0.39, 0.29) is 12.1 Å². The van der Waals surface area contributed by atoms with Crippen LogP contribution in [-0.4, -0.2) is 44.3 Å². The number of hydrogen-bond acceptors (Lipinski definition) is 3. The van der Waals surface area contributed by atoms with Gasteiger partial charge in [-0.15, -0.1) is 0 Å². The lowest BCUT2D eigenvalue weighted by molar-refractivity contribution is -0.0583. The van der Waals surface area contributed by atoms with E-state index in [9.17, 15) is 8.42 Å². The molecule has 82 valence electrons. The van der Waals surface area contributed by atoms with E-state index < -0.39 is 10.0 Å². The lowest BCUT2D eigenvalue weighted by atomic mass is 9.91. The molecule has 2 atom stereocenters. The van der Waals surface area contributed by atoms with Gasteiger partial charge < -0.3 is 4.74 Å². The fourth-order valence-corrected chi connectivity index (χ4v) is 3.61. The van der Waals surface area contributed by atoms with Gasteiger partial charge in [0.2, 0.25) is 10.0 Å². The van der Waals surface area contributed by atoms with Gasteiger partial charge in [-0.3, -0.25) is 0 Å². The third-order valence-corrected chi connectivity index (χ3v) is 4.41. The van der Waals surface area contributed by atoms with Crippen LogP contribution in [0.2, 0.25) is 0 Å². The first kappa shape index (κ1) is 10.4. The molecule has 0 aromatic rings. The predicted molar refractivity (Wildman–Crippen MR) is 53.5 cm³/mol. The van der Waals surface area contributed by atoms with Crippen LogP contribution >= 0.6 is 0 Å². The molecule has 0 radical (unpaired) electrons. The molecule has 0 N–H and O–H groups in total. The number of sulfonamides is 1. The Morgan fingerprint density at radius 2 is 2.00 bits per heavy atom. The highest BCUT2D eigenvalue weighted by Crippen LogP contribution is 2.29. The minimum Gasteiger partial charge on any atom is -0.375 e. The topological polar surface area (TPSA) is 46.6 Å². The smallest absolute Gasteiger partial charge is 0.211 e. The van der Waals surface area contributed by atoms with Crippen molar-refractivity contribution < 1.29 is 13.2 Å². The maximum atomic E-state index is 11.5. The first-order valence-corrected chi connectivity index (χ1v) is 7.02. The number of ether oxygens (including phenoxy) is 1. The predicted octanol–water partition coefficient (Wildman–Crippen LogP) is 0.589. The SMILES string of the molecule is CS(=O)(=O)N1CCO[C@H]2CCCC[C@H]21. The molecule has 4 nitrogen and oxygen atoms in total. The highest BCUT2D eigenvalue weighted by molar-refractivity contribution is 7.88. The summed E-state index contributed by atoms with van der Waals surface area (Å²) in [6.45, 7) is 1.08. The normalized spacial score (nSPS) is 35.2. The Hall–Kier alpha value is -0.130. The van der Waals surface area contributed by atoms with Crippen LogP contribution in [0.25, 0.3) is 0 Å². The number of morpholine rings is 1. The summed E-state index contributed by atoms with van der Waals surface area (Å²) in [7, 11) is -3.04. The molecule has 5 heteroatoms. The Morgan fingerprint density at radius 3 is 2.71 bits per heavy atom. The molecule has 1 heterocycles. The Labute approximate surface area is 85.3 Å². The van der Waals surface area contributed by atoms with Crippen molar-refractivity contribution in [2.45, 2.75) is 37.8 Å². The lowest BCUT2D eigenvalue weighted by Crippen LogP contribution is -2.54. The number of fused-ring (bicyclic) bond motifs is 1. The van der Waals surface area contributed by atoms with Crippen molar-refractivity contribution >= 4 is 10.0 Å². The molecule has 2 rings (SSSR count). The van der Waals surface area contributed by atoms with Gasteiger partial charge in [0.05, 0.1) is 25.0 Å². The van der Waals surface area contributed by atoms with Crippen molar-refractivity contribution in [2.24, 2.45) is 0 Å². The zero-order valence-electron chi connectivity index (χ0n) is 8.48.